The fraction of sp³-hybridized carbons (Fsp3) is 0.423. The SMILES string of the molecule is CC(C)CN(Cc1cnc(S(=O)(=O)Cc2ccc(F)cc2)n1C[C@H]1CCCO1)S(=O)(=O)c1ccc(Cl)cc1. The van der Waals surface area contributed by atoms with Crippen molar-refractivity contribution in [2.24, 2.45) is 5.92 Å². The number of aromatic nitrogens is 2. The summed E-state index contributed by atoms with van der Waals surface area (Å²) in [6, 6.07) is 11.2. The van der Waals surface area contributed by atoms with Crippen molar-refractivity contribution in [1.82, 2.24) is 13.9 Å². The second-order valence-corrected chi connectivity index (χ2v) is 14.1. The molecule has 0 spiro atoms. The molecule has 1 atom stereocenters. The predicted octanol–water partition coefficient (Wildman–Crippen LogP) is 4.68. The Bertz CT molecular complexity index is 1450. The molecule has 0 radical (unpaired) electrons. The van der Waals surface area contributed by atoms with E-state index in [9.17, 15) is 21.2 Å². The van der Waals surface area contributed by atoms with Gasteiger partial charge in [0, 0.05) is 18.2 Å². The minimum Gasteiger partial charge on any atom is -0.376 e. The summed E-state index contributed by atoms with van der Waals surface area (Å²) in [5.74, 6) is -0.817. The second kappa shape index (κ2) is 11.8. The standard InChI is InChI=1S/C26H31ClFN3O5S2/c1-19(2)15-30(38(34,35)25-11-7-21(27)8-12-25)16-23-14-29-26(31(23)17-24-4-3-13-36-24)37(32,33)18-20-5-9-22(28)10-6-20/h5-12,14,19,24H,3-4,13,15-18H2,1-2H3/t24-/m1/s1. The van der Waals surface area contributed by atoms with Crippen LogP contribution in [0.1, 0.15) is 37.9 Å². The van der Waals surface area contributed by atoms with Crippen LogP contribution in [0.2, 0.25) is 5.02 Å². The number of sulfone groups is 1. The van der Waals surface area contributed by atoms with Crippen molar-refractivity contribution < 1.29 is 26.0 Å². The molecule has 38 heavy (non-hydrogen) atoms. The largest absolute Gasteiger partial charge is 0.376 e. The smallest absolute Gasteiger partial charge is 0.243 e. The van der Waals surface area contributed by atoms with E-state index in [4.69, 9.17) is 16.3 Å². The van der Waals surface area contributed by atoms with Crippen molar-refractivity contribution in [3.63, 3.8) is 0 Å². The highest BCUT2D eigenvalue weighted by atomic mass is 35.5. The second-order valence-electron chi connectivity index (χ2n) is 9.81. The molecule has 1 aromatic heterocycles. The molecule has 0 saturated carbocycles. The van der Waals surface area contributed by atoms with Crippen molar-refractivity contribution in [3.8, 4) is 0 Å². The summed E-state index contributed by atoms with van der Waals surface area (Å²) in [5, 5.41) is 0.255. The highest BCUT2D eigenvalue weighted by molar-refractivity contribution is 7.90. The maximum atomic E-state index is 13.6. The van der Waals surface area contributed by atoms with E-state index >= 15 is 0 Å². The zero-order valence-electron chi connectivity index (χ0n) is 21.3. The van der Waals surface area contributed by atoms with Crippen molar-refractivity contribution in [1.29, 1.82) is 0 Å². The number of nitrogens with zero attached hydrogens (tertiary/aromatic N) is 3. The molecule has 0 amide bonds. The summed E-state index contributed by atoms with van der Waals surface area (Å²) in [6.45, 7) is 4.77. The lowest BCUT2D eigenvalue weighted by Gasteiger charge is -2.25. The maximum Gasteiger partial charge on any atom is 0.243 e. The van der Waals surface area contributed by atoms with E-state index in [-0.39, 0.29) is 47.5 Å². The first kappa shape index (κ1) is 28.7. The number of imidazole rings is 1. The molecule has 8 nitrogen and oxygen atoms in total. The molecular formula is C26H31ClFN3O5S2. The van der Waals surface area contributed by atoms with Crippen molar-refractivity contribution >= 4 is 31.5 Å². The van der Waals surface area contributed by atoms with Crippen molar-refractivity contribution in [2.45, 2.75) is 61.7 Å². The Labute approximate surface area is 228 Å². The van der Waals surface area contributed by atoms with Gasteiger partial charge in [0.15, 0.2) is 0 Å². The van der Waals surface area contributed by atoms with Gasteiger partial charge in [0.05, 0.1) is 41.7 Å². The van der Waals surface area contributed by atoms with Crippen LogP contribution in [0.3, 0.4) is 0 Å². The number of sulfonamides is 1. The van der Waals surface area contributed by atoms with E-state index in [1.165, 1.54) is 59.0 Å². The van der Waals surface area contributed by atoms with Gasteiger partial charge in [-0.15, -0.1) is 0 Å². The fourth-order valence-electron chi connectivity index (χ4n) is 4.41. The van der Waals surface area contributed by atoms with Crippen LogP contribution in [0.15, 0.2) is 64.8 Å². The summed E-state index contributed by atoms with van der Waals surface area (Å²) in [7, 11) is -7.85. The quantitative estimate of drug-likeness (QED) is 0.325. The average Bonchev–Trinajstić information content (AvgIpc) is 3.51. The molecule has 4 rings (SSSR count). The minimum absolute atomic E-state index is 0.00768. The summed E-state index contributed by atoms with van der Waals surface area (Å²) < 4.78 is 76.1. The van der Waals surface area contributed by atoms with Gasteiger partial charge in [-0.1, -0.05) is 37.6 Å². The molecule has 0 N–H and O–H groups in total. The third-order valence-electron chi connectivity index (χ3n) is 6.22. The van der Waals surface area contributed by atoms with Gasteiger partial charge in [0.2, 0.25) is 25.0 Å². The molecular weight excluding hydrogens is 553 g/mol. The van der Waals surface area contributed by atoms with Crippen LogP contribution < -0.4 is 0 Å². The highest BCUT2D eigenvalue weighted by Gasteiger charge is 2.31. The molecule has 2 aromatic carbocycles. The fourth-order valence-corrected chi connectivity index (χ4v) is 7.61. The Kier molecular flexibility index (Phi) is 8.93. The average molecular weight is 584 g/mol. The lowest BCUT2D eigenvalue weighted by atomic mass is 10.2. The number of hydrogen-bond acceptors (Lipinski definition) is 6. The number of benzene rings is 2. The monoisotopic (exact) mass is 583 g/mol. The Morgan fingerprint density at radius 3 is 2.39 bits per heavy atom. The van der Waals surface area contributed by atoms with E-state index in [1.54, 1.807) is 4.57 Å². The van der Waals surface area contributed by atoms with Crippen LogP contribution >= 0.6 is 11.6 Å². The molecule has 206 valence electrons. The minimum atomic E-state index is -3.94. The van der Waals surface area contributed by atoms with Crippen LogP contribution in [-0.4, -0.2) is 49.9 Å². The van der Waals surface area contributed by atoms with Gasteiger partial charge in [-0.2, -0.15) is 4.31 Å². The van der Waals surface area contributed by atoms with E-state index in [0.717, 1.165) is 12.8 Å². The van der Waals surface area contributed by atoms with E-state index in [1.807, 2.05) is 13.8 Å². The van der Waals surface area contributed by atoms with Crippen molar-refractivity contribution in [3.05, 3.63) is 76.8 Å². The van der Waals surface area contributed by atoms with Gasteiger partial charge >= 0.3 is 0 Å². The molecule has 1 fully saturated rings. The number of ether oxygens (including phenoxy) is 1. The summed E-state index contributed by atoms with van der Waals surface area (Å²) in [5.41, 5.74) is 0.864. The van der Waals surface area contributed by atoms with Gasteiger partial charge in [-0.05, 0) is 60.7 Å². The lowest BCUT2D eigenvalue weighted by molar-refractivity contribution is 0.0937. The predicted molar refractivity (Wildman–Crippen MR) is 142 cm³/mol. The number of halogens is 2. The molecule has 3 aromatic rings. The highest BCUT2D eigenvalue weighted by Crippen LogP contribution is 2.26. The van der Waals surface area contributed by atoms with Gasteiger partial charge < -0.3 is 9.30 Å². The molecule has 0 bridgehead atoms. The number of rotatable bonds is 11. The first-order valence-corrected chi connectivity index (χ1v) is 15.8. The van der Waals surface area contributed by atoms with Gasteiger partial charge in [0.25, 0.3) is 0 Å². The first-order valence-electron chi connectivity index (χ1n) is 12.3. The van der Waals surface area contributed by atoms with Crippen molar-refractivity contribution in [2.75, 3.05) is 13.2 Å². The van der Waals surface area contributed by atoms with Crippen LogP contribution in [0.5, 0.6) is 0 Å². The molecule has 1 saturated heterocycles. The van der Waals surface area contributed by atoms with E-state index < -0.39 is 25.7 Å². The third kappa shape index (κ3) is 6.81. The zero-order chi connectivity index (χ0) is 27.5. The number of hydrogen-bond donors (Lipinski definition) is 0. The van der Waals surface area contributed by atoms with Gasteiger partial charge in [0.1, 0.15) is 5.82 Å². The third-order valence-corrected chi connectivity index (χ3v) is 9.89. The molecule has 1 aliphatic rings. The molecule has 12 heteroatoms. The lowest BCUT2D eigenvalue weighted by Crippen LogP contribution is -2.35. The summed E-state index contributed by atoms with van der Waals surface area (Å²) in [4.78, 5) is 4.34. The van der Waals surface area contributed by atoms with Crippen LogP contribution in [0, 0.1) is 11.7 Å². The molecule has 2 heterocycles. The summed E-state index contributed by atoms with van der Waals surface area (Å²) in [6.07, 6.45) is 2.82. The normalized spacial score (nSPS) is 16.5. The molecule has 1 aliphatic heterocycles. The first-order chi connectivity index (χ1) is 18.0. The molecule has 0 unspecified atom stereocenters. The Balaban J connectivity index is 1.71. The van der Waals surface area contributed by atoms with Crippen LogP contribution in [0.4, 0.5) is 4.39 Å². The van der Waals surface area contributed by atoms with Gasteiger partial charge in [-0.3, -0.25) is 0 Å². The van der Waals surface area contributed by atoms with Gasteiger partial charge in [-0.25, -0.2) is 26.2 Å². The summed E-state index contributed by atoms with van der Waals surface area (Å²) >= 11 is 5.96. The Morgan fingerprint density at radius 1 is 1.11 bits per heavy atom. The Morgan fingerprint density at radius 2 is 1.79 bits per heavy atom. The topological polar surface area (TPSA) is 98.6 Å². The molecule has 0 aliphatic carbocycles. The van der Waals surface area contributed by atoms with Crippen LogP contribution in [0.25, 0.3) is 0 Å². The van der Waals surface area contributed by atoms with E-state index in [0.29, 0.717) is 22.9 Å². The maximum absolute atomic E-state index is 13.6. The zero-order valence-corrected chi connectivity index (χ0v) is 23.6. The Hall–Kier alpha value is -2.31. The van der Waals surface area contributed by atoms with E-state index in [2.05, 4.69) is 4.98 Å². The van der Waals surface area contributed by atoms with Crippen LogP contribution in [-0.2, 0) is 43.4 Å².